The van der Waals surface area contributed by atoms with Gasteiger partial charge in [0.25, 0.3) is 5.69 Å². The molecule has 14 heteroatoms. The van der Waals surface area contributed by atoms with E-state index >= 15 is 0 Å². The number of carbonyl (C=O) groups excluding carboxylic acids is 5. The van der Waals surface area contributed by atoms with E-state index in [-0.39, 0.29) is 5.69 Å². The predicted molar refractivity (Wildman–Crippen MR) is 122 cm³/mol. The number of nitrogens with zero attached hydrogens (tertiary/aromatic N) is 1. The summed E-state index contributed by atoms with van der Waals surface area (Å²) in [6, 6.07) is 4.12. The zero-order valence-corrected chi connectivity index (χ0v) is 20.4. The van der Waals surface area contributed by atoms with Gasteiger partial charge in [0.2, 0.25) is 12.2 Å². The van der Waals surface area contributed by atoms with Crippen molar-refractivity contribution in [1.82, 2.24) is 5.32 Å². The largest absolute Gasteiger partial charge is 0.463 e. The van der Waals surface area contributed by atoms with Crippen LogP contribution in [0.1, 0.15) is 33.3 Å². The minimum atomic E-state index is -1.54. The van der Waals surface area contributed by atoms with Gasteiger partial charge >= 0.3 is 23.9 Å². The Kier molecular flexibility index (Phi) is 10.2. The quantitative estimate of drug-likeness (QED) is 0.158. The van der Waals surface area contributed by atoms with E-state index in [4.69, 9.17) is 23.7 Å². The van der Waals surface area contributed by atoms with Crippen molar-refractivity contribution in [3.8, 4) is 0 Å². The molecule has 0 aromatic heterocycles. The lowest BCUT2D eigenvalue weighted by molar-refractivity contribution is -0.384. The van der Waals surface area contributed by atoms with Crippen LogP contribution in [0.2, 0.25) is 0 Å². The summed E-state index contributed by atoms with van der Waals surface area (Å²) in [5, 5.41) is 13.4. The summed E-state index contributed by atoms with van der Waals surface area (Å²) in [5.41, 5.74) is 0.160. The molecule has 1 aromatic carbocycles. The summed E-state index contributed by atoms with van der Waals surface area (Å²) < 4.78 is 26.4. The summed E-state index contributed by atoms with van der Waals surface area (Å²) >= 11 is 0. The minimum Gasteiger partial charge on any atom is -0.463 e. The summed E-state index contributed by atoms with van der Waals surface area (Å²) in [6.45, 7) is 3.92. The van der Waals surface area contributed by atoms with Crippen LogP contribution in [0.3, 0.4) is 0 Å². The van der Waals surface area contributed by atoms with Gasteiger partial charge < -0.3 is 29.0 Å². The first-order valence-corrected chi connectivity index (χ1v) is 10.9. The molecule has 0 unspecified atom stereocenters. The molecular weight excluding hydrogens is 496 g/mol. The van der Waals surface area contributed by atoms with Crippen LogP contribution in [0.4, 0.5) is 5.69 Å². The maximum atomic E-state index is 12.7. The van der Waals surface area contributed by atoms with E-state index in [2.05, 4.69) is 5.32 Å². The Hall–Kier alpha value is -4.33. The second-order valence-corrected chi connectivity index (χ2v) is 7.82. The number of hydrogen-bond donors (Lipinski definition) is 1. The molecule has 1 amide bonds. The number of carbonyl (C=O) groups is 5. The van der Waals surface area contributed by atoms with Gasteiger partial charge in [-0.2, -0.15) is 0 Å². The van der Waals surface area contributed by atoms with E-state index in [9.17, 15) is 34.1 Å². The molecule has 2 rings (SSSR count). The zero-order valence-electron chi connectivity index (χ0n) is 20.4. The Balaban J connectivity index is 2.38. The van der Waals surface area contributed by atoms with E-state index in [0.717, 1.165) is 33.8 Å². The number of nitrogens with one attached hydrogen (secondary N) is 1. The Morgan fingerprint density at radius 3 is 2.16 bits per heavy atom. The number of esters is 4. The number of rotatable bonds is 9. The Morgan fingerprint density at radius 1 is 0.973 bits per heavy atom. The van der Waals surface area contributed by atoms with Crippen LogP contribution in [-0.2, 0) is 47.7 Å². The number of nitro benzene ring substituents is 1. The van der Waals surface area contributed by atoms with Crippen LogP contribution in [0.25, 0.3) is 6.08 Å². The molecule has 0 aliphatic carbocycles. The van der Waals surface area contributed by atoms with Gasteiger partial charge in [0.1, 0.15) is 18.8 Å². The molecule has 1 aliphatic heterocycles. The number of benzene rings is 1. The average molecular weight is 522 g/mol. The van der Waals surface area contributed by atoms with E-state index in [1.165, 1.54) is 30.3 Å². The van der Waals surface area contributed by atoms with Crippen LogP contribution in [0, 0.1) is 10.1 Å². The molecule has 1 aromatic rings. The Bertz CT molecular complexity index is 1090. The van der Waals surface area contributed by atoms with Crippen molar-refractivity contribution in [1.29, 1.82) is 0 Å². The highest BCUT2D eigenvalue weighted by Crippen LogP contribution is 2.28. The van der Waals surface area contributed by atoms with Crippen LogP contribution >= 0.6 is 0 Å². The zero-order chi connectivity index (χ0) is 27.7. The molecule has 1 saturated heterocycles. The van der Waals surface area contributed by atoms with Crippen LogP contribution in [0.5, 0.6) is 0 Å². The minimum absolute atomic E-state index is 0.184. The number of amides is 1. The lowest BCUT2D eigenvalue weighted by Crippen LogP contribution is -2.66. The summed E-state index contributed by atoms with van der Waals surface area (Å²) in [7, 11) is 0. The molecule has 1 N–H and O–H groups in total. The molecule has 37 heavy (non-hydrogen) atoms. The molecule has 1 fully saturated rings. The summed E-state index contributed by atoms with van der Waals surface area (Å²) in [5.74, 6) is -3.88. The normalized spacial score (nSPS) is 23.0. The molecule has 200 valence electrons. The number of ether oxygens (including phenoxy) is 5. The third-order valence-corrected chi connectivity index (χ3v) is 4.80. The maximum Gasteiger partial charge on any atom is 0.305 e. The molecule has 0 spiro atoms. The highest BCUT2D eigenvalue weighted by atomic mass is 16.7. The predicted octanol–water partition coefficient (Wildman–Crippen LogP) is 0.807. The van der Waals surface area contributed by atoms with Gasteiger partial charge in [-0.25, -0.2) is 0 Å². The second kappa shape index (κ2) is 13.1. The first-order valence-electron chi connectivity index (χ1n) is 10.9. The molecule has 14 nitrogen and oxygen atoms in total. The van der Waals surface area contributed by atoms with Gasteiger partial charge in [-0.1, -0.05) is 12.1 Å². The molecular formula is C23H26N2O12. The van der Waals surface area contributed by atoms with Gasteiger partial charge in [-0.05, 0) is 11.6 Å². The highest BCUT2D eigenvalue weighted by Gasteiger charge is 2.52. The maximum absolute atomic E-state index is 12.7. The lowest BCUT2D eigenvalue weighted by atomic mass is 9.96. The first kappa shape index (κ1) is 28.9. The Labute approximate surface area is 211 Å². The topological polar surface area (TPSA) is 187 Å². The van der Waals surface area contributed by atoms with Crippen molar-refractivity contribution in [3.63, 3.8) is 0 Å². The molecule has 1 aliphatic rings. The fourth-order valence-electron chi connectivity index (χ4n) is 3.45. The van der Waals surface area contributed by atoms with Gasteiger partial charge in [0.05, 0.1) is 4.92 Å². The van der Waals surface area contributed by atoms with Gasteiger partial charge in [0, 0.05) is 45.9 Å². The smallest absolute Gasteiger partial charge is 0.305 e. The van der Waals surface area contributed by atoms with E-state index in [0.29, 0.717) is 5.56 Å². The SMILES string of the molecule is CC(=O)OC[C@H]1O[C@H](OC(C)=O)[C@@H](NC(=O)/C=C/c2cccc([N+](=O)[O-])c2)[C@@H](OC(C)=O)[C@@H]1OC(C)=O. The van der Waals surface area contributed by atoms with Gasteiger partial charge in [0.15, 0.2) is 12.2 Å². The number of hydrogen-bond acceptors (Lipinski definition) is 12. The molecule has 5 atom stereocenters. The molecule has 0 saturated carbocycles. The van der Waals surface area contributed by atoms with Crippen molar-refractivity contribution < 1.29 is 52.6 Å². The molecule has 1 heterocycles. The monoisotopic (exact) mass is 522 g/mol. The highest BCUT2D eigenvalue weighted by molar-refractivity contribution is 5.92. The molecule has 0 bridgehead atoms. The van der Waals surface area contributed by atoms with E-state index in [1.807, 2.05) is 0 Å². The summed E-state index contributed by atoms with van der Waals surface area (Å²) in [4.78, 5) is 69.9. The third kappa shape index (κ3) is 9.00. The van der Waals surface area contributed by atoms with Gasteiger partial charge in [-0.15, -0.1) is 0 Å². The number of nitro groups is 1. The second-order valence-electron chi connectivity index (χ2n) is 7.82. The standard InChI is InChI=1S/C23H26N2O12/c1-12(26)33-11-18-21(34-13(2)27)22(35-14(3)28)20(23(37-18)36-15(4)29)24-19(30)9-8-16-6-5-7-17(10-16)25(31)32/h5-10,18,20-23H,11H2,1-4H3,(H,24,30)/b9-8+/t18-,20+,21-,22-,23+/m1/s1. The lowest BCUT2D eigenvalue weighted by Gasteiger charge is -2.44. The average Bonchev–Trinajstić information content (AvgIpc) is 2.79. The fourth-order valence-corrected chi connectivity index (χ4v) is 3.45. The van der Waals surface area contributed by atoms with E-state index in [1.54, 1.807) is 0 Å². The fraction of sp³-hybridized carbons (Fsp3) is 0.435. The van der Waals surface area contributed by atoms with Gasteiger partial charge in [-0.3, -0.25) is 34.1 Å². The summed E-state index contributed by atoms with van der Waals surface area (Å²) in [6.07, 6.45) is -3.21. The van der Waals surface area contributed by atoms with Crippen molar-refractivity contribution in [2.75, 3.05) is 6.61 Å². The van der Waals surface area contributed by atoms with Crippen LogP contribution in [0.15, 0.2) is 30.3 Å². The van der Waals surface area contributed by atoms with Crippen LogP contribution < -0.4 is 5.32 Å². The van der Waals surface area contributed by atoms with Crippen molar-refractivity contribution in [3.05, 3.63) is 46.0 Å². The first-order chi connectivity index (χ1) is 17.4. The van der Waals surface area contributed by atoms with Crippen LogP contribution in [-0.4, -0.2) is 72.0 Å². The van der Waals surface area contributed by atoms with Crippen molar-refractivity contribution >= 4 is 41.5 Å². The number of non-ortho nitro benzene ring substituents is 1. The van der Waals surface area contributed by atoms with E-state index < -0.39 is 72.0 Å². The molecule has 0 radical (unpaired) electrons. The van der Waals surface area contributed by atoms with Crippen molar-refractivity contribution in [2.45, 2.75) is 58.3 Å². The van der Waals surface area contributed by atoms with Crippen molar-refractivity contribution in [2.24, 2.45) is 0 Å². The Morgan fingerprint density at radius 2 is 1.59 bits per heavy atom. The third-order valence-electron chi connectivity index (χ3n) is 4.80.